The van der Waals surface area contributed by atoms with E-state index >= 15 is 0 Å². The van der Waals surface area contributed by atoms with E-state index in [4.69, 9.17) is 0 Å². The quantitative estimate of drug-likeness (QED) is 0.655. The molecule has 1 aliphatic carbocycles. The zero-order chi connectivity index (χ0) is 16.9. The number of carbonyl (C=O) groups is 1. The van der Waals surface area contributed by atoms with Gasteiger partial charge in [0.1, 0.15) is 0 Å². The van der Waals surface area contributed by atoms with Gasteiger partial charge in [-0.2, -0.15) is 0 Å². The molecule has 1 atom stereocenters. The SMILES string of the molecule is C[Se]C[C@H](Nc1ncnc2ccc(Br)cc12)C(=O)NC1CCCC1. The normalized spacial score (nSPS) is 16.2. The molecule has 1 aromatic heterocycles. The summed E-state index contributed by atoms with van der Waals surface area (Å²) in [6, 6.07) is 5.98. The first-order chi connectivity index (χ1) is 11.7. The van der Waals surface area contributed by atoms with Crippen LogP contribution in [0.25, 0.3) is 10.9 Å². The first kappa shape index (κ1) is 17.6. The number of anilines is 1. The van der Waals surface area contributed by atoms with E-state index in [1.165, 1.54) is 12.8 Å². The number of hydrogen-bond acceptors (Lipinski definition) is 4. The second-order valence-corrected chi connectivity index (χ2v) is 8.85. The molecule has 0 radical (unpaired) electrons. The van der Waals surface area contributed by atoms with Crippen molar-refractivity contribution in [3.05, 3.63) is 29.0 Å². The third kappa shape index (κ3) is 4.26. The van der Waals surface area contributed by atoms with Gasteiger partial charge in [0, 0.05) is 0 Å². The molecule has 2 N–H and O–H groups in total. The number of halogens is 1. The monoisotopic (exact) mass is 456 g/mol. The number of amides is 1. The van der Waals surface area contributed by atoms with E-state index in [0.717, 1.165) is 39.4 Å². The van der Waals surface area contributed by atoms with E-state index in [9.17, 15) is 4.79 Å². The van der Waals surface area contributed by atoms with Crippen LogP contribution in [0.15, 0.2) is 29.0 Å². The first-order valence-electron chi connectivity index (χ1n) is 8.13. The Labute approximate surface area is 156 Å². The third-order valence-corrected chi connectivity index (χ3v) is 6.15. The molecule has 1 saturated carbocycles. The van der Waals surface area contributed by atoms with E-state index in [1.54, 1.807) is 6.33 Å². The fourth-order valence-corrected chi connectivity index (χ4v) is 4.58. The maximum absolute atomic E-state index is 12.7. The van der Waals surface area contributed by atoms with E-state index in [2.05, 4.69) is 42.4 Å². The van der Waals surface area contributed by atoms with Crippen LogP contribution < -0.4 is 10.6 Å². The molecule has 0 unspecified atom stereocenters. The van der Waals surface area contributed by atoms with Gasteiger partial charge in [0.15, 0.2) is 0 Å². The van der Waals surface area contributed by atoms with Crippen molar-refractivity contribution in [3.63, 3.8) is 0 Å². The molecule has 128 valence electrons. The predicted molar refractivity (Wildman–Crippen MR) is 101 cm³/mol. The Morgan fingerprint density at radius 1 is 1.38 bits per heavy atom. The summed E-state index contributed by atoms with van der Waals surface area (Å²) >= 11 is 3.89. The molecular formula is C17H21BrN4OSe. The fraction of sp³-hybridized carbons (Fsp3) is 0.471. The maximum atomic E-state index is 12.7. The van der Waals surface area contributed by atoms with Crippen molar-refractivity contribution in [3.8, 4) is 0 Å². The molecule has 7 heteroatoms. The Kier molecular flexibility index (Phi) is 6.08. The van der Waals surface area contributed by atoms with Crippen LogP contribution in [0.4, 0.5) is 5.82 Å². The van der Waals surface area contributed by atoms with Crippen LogP contribution in [0.3, 0.4) is 0 Å². The van der Waals surface area contributed by atoms with Gasteiger partial charge in [-0.15, -0.1) is 0 Å². The number of hydrogen-bond donors (Lipinski definition) is 2. The van der Waals surface area contributed by atoms with Crippen molar-refractivity contribution in [2.75, 3.05) is 5.32 Å². The molecule has 0 aliphatic heterocycles. The van der Waals surface area contributed by atoms with Crippen LogP contribution in [0.2, 0.25) is 11.1 Å². The number of carbonyl (C=O) groups excluding carboxylic acids is 1. The fourth-order valence-electron chi connectivity index (χ4n) is 3.03. The standard InChI is InChI=1S/C17H21BrN4OSe/c1-24-9-15(17(23)21-12-4-2-3-5-12)22-16-13-8-11(18)6-7-14(13)19-10-20-16/h6-8,10,12,15H,2-5,9H2,1H3,(H,21,23)(H,19,20,22)/t15-/m0/s1. The average molecular weight is 456 g/mol. The third-order valence-electron chi connectivity index (χ3n) is 4.26. The van der Waals surface area contributed by atoms with Gasteiger partial charge in [-0.3, -0.25) is 0 Å². The van der Waals surface area contributed by atoms with Crippen LogP contribution >= 0.6 is 15.9 Å². The summed E-state index contributed by atoms with van der Waals surface area (Å²) in [6.07, 6.45) is 6.16. The Morgan fingerprint density at radius 2 is 2.17 bits per heavy atom. The van der Waals surface area contributed by atoms with Crippen molar-refractivity contribution >= 4 is 53.5 Å². The van der Waals surface area contributed by atoms with Gasteiger partial charge in [-0.1, -0.05) is 0 Å². The first-order valence-corrected chi connectivity index (χ1v) is 11.8. The van der Waals surface area contributed by atoms with Crippen molar-refractivity contribution in [2.24, 2.45) is 0 Å². The molecular weight excluding hydrogens is 435 g/mol. The van der Waals surface area contributed by atoms with E-state index in [-0.39, 0.29) is 11.9 Å². The molecule has 0 saturated heterocycles. The molecule has 0 bridgehead atoms. The van der Waals surface area contributed by atoms with Crippen molar-refractivity contribution in [1.82, 2.24) is 15.3 Å². The van der Waals surface area contributed by atoms with Gasteiger partial charge in [0.05, 0.1) is 0 Å². The van der Waals surface area contributed by atoms with Gasteiger partial charge in [-0.05, 0) is 0 Å². The molecule has 0 spiro atoms. The molecule has 1 aliphatic rings. The summed E-state index contributed by atoms with van der Waals surface area (Å²) in [5, 5.41) is 8.32. The van der Waals surface area contributed by atoms with Crippen LogP contribution in [-0.2, 0) is 4.79 Å². The molecule has 1 heterocycles. The summed E-state index contributed by atoms with van der Waals surface area (Å²) in [4.78, 5) is 21.3. The number of nitrogens with zero attached hydrogens (tertiary/aromatic N) is 2. The van der Waals surface area contributed by atoms with Crippen LogP contribution in [0, 0.1) is 0 Å². The predicted octanol–water partition coefficient (Wildman–Crippen LogP) is 3.40. The number of fused-ring (bicyclic) bond motifs is 1. The minimum absolute atomic E-state index is 0.0902. The molecule has 1 fully saturated rings. The molecule has 1 aromatic carbocycles. The van der Waals surface area contributed by atoms with Crippen molar-refractivity contribution < 1.29 is 4.79 Å². The van der Waals surface area contributed by atoms with E-state index in [1.807, 2.05) is 18.2 Å². The summed E-state index contributed by atoms with van der Waals surface area (Å²) in [5.74, 6) is 2.96. The van der Waals surface area contributed by atoms with Crippen molar-refractivity contribution in [1.29, 1.82) is 0 Å². The molecule has 2 aromatic rings. The van der Waals surface area contributed by atoms with Gasteiger partial charge in [0.2, 0.25) is 0 Å². The summed E-state index contributed by atoms with van der Waals surface area (Å²) in [6.45, 7) is 0. The number of benzene rings is 1. The molecule has 3 rings (SSSR count). The van der Waals surface area contributed by atoms with Gasteiger partial charge in [0.25, 0.3) is 0 Å². The molecule has 24 heavy (non-hydrogen) atoms. The second kappa shape index (κ2) is 8.28. The Bertz CT molecular complexity index is 721. The summed E-state index contributed by atoms with van der Waals surface area (Å²) < 4.78 is 0.972. The molecule has 5 nitrogen and oxygen atoms in total. The minimum atomic E-state index is -0.243. The van der Waals surface area contributed by atoms with Crippen molar-refractivity contribution in [2.45, 2.75) is 48.9 Å². The Hall–Kier alpha value is -1.17. The van der Waals surface area contributed by atoms with Crippen LogP contribution in [0.1, 0.15) is 25.7 Å². The topological polar surface area (TPSA) is 66.9 Å². The van der Waals surface area contributed by atoms with Gasteiger partial charge >= 0.3 is 157 Å². The van der Waals surface area contributed by atoms with E-state index in [0.29, 0.717) is 21.0 Å². The Balaban J connectivity index is 1.80. The zero-order valence-corrected chi connectivity index (χ0v) is 16.9. The average Bonchev–Trinajstić information content (AvgIpc) is 3.08. The summed E-state index contributed by atoms with van der Waals surface area (Å²) in [7, 11) is 0. The summed E-state index contributed by atoms with van der Waals surface area (Å²) in [5.41, 5.74) is 0.868. The van der Waals surface area contributed by atoms with Crippen LogP contribution in [-0.4, -0.2) is 42.9 Å². The second-order valence-electron chi connectivity index (χ2n) is 6.03. The molecule has 1 amide bonds. The van der Waals surface area contributed by atoms with E-state index < -0.39 is 0 Å². The van der Waals surface area contributed by atoms with Gasteiger partial charge < -0.3 is 0 Å². The Morgan fingerprint density at radius 3 is 2.92 bits per heavy atom. The zero-order valence-electron chi connectivity index (χ0n) is 13.6. The van der Waals surface area contributed by atoms with Gasteiger partial charge in [-0.25, -0.2) is 0 Å². The number of aromatic nitrogens is 2. The van der Waals surface area contributed by atoms with Crippen LogP contribution in [0.5, 0.6) is 0 Å². The number of nitrogens with one attached hydrogen (secondary N) is 2. The number of rotatable bonds is 6.